The van der Waals surface area contributed by atoms with Crippen molar-refractivity contribution in [2.24, 2.45) is 7.05 Å². The molecule has 0 radical (unpaired) electrons. The van der Waals surface area contributed by atoms with Crippen molar-refractivity contribution in [2.75, 3.05) is 13.7 Å². The molecule has 13 heteroatoms. The number of aromatic nitrogens is 5. The highest BCUT2D eigenvalue weighted by Crippen LogP contribution is 2.41. The summed E-state index contributed by atoms with van der Waals surface area (Å²) in [6.45, 7) is 5.74. The van der Waals surface area contributed by atoms with E-state index in [4.69, 9.17) is 32.9 Å². The van der Waals surface area contributed by atoms with Gasteiger partial charge in [-0.15, -0.1) is 0 Å². The van der Waals surface area contributed by atoms with Gasteiger partial charge in [-0.25, -0.2) is 9.50 Å². The fourth-order valence-electron chi connectivity index (χ4n) is 5.69. The number of ether oxygens (including phenoxy) is 1. The van der Waals surface area contributed by atoms with E-state index < -0.39 is 0 Å². The zero-order chi connectivity index (χ0) is 33.2. The molecule has 1 aromatic carbocycles. The van der Waals surface area contributed by atoms with Crippen LogP contribution in [0.1, 0.15) is 38.1 Å². The molecule has 0 unspecified atom stereocenters. The third-order valence-corrected chi connectivity index (χ3v) is 9.04. The van der Waals surface area contributed by atoms with E-state index >= 15 is 0 Å². The maximum Gasteiger partial charge on any atom is 0.277 e. The summed E-state index contributed by atoms with van der Waals surface area (Å²) in [4.78, 5) is 34.0. The van der Waals surface area contributed by atoms with E-state index in [2.05, 4.69) is 26.0 Å². The summed E-state index contributed by atoms with van der Waals surface area (Å²) in [6, 6.07) is 13.5. The van der Waals surface area contributed by atoms with Gasteiger partial charge in [0.05, 0.1) is 35.1 Å². The normalized spacial score (nSPS) is 14.7. The van der Waals surface area contributed by atoms with E-state index in [0.717, 1.165) is 17.5 Å². The van der Waals surface area contributed by atoms with Crippen LogP contribution in [-0.4, -0.2) is 55.8 Å². The van der Waals surface area contributed by atoms with Crippen molar-refractivity contribution in [3.63, 3.8) is 0 Å². The first-order valence-corrected chi connectivity index (χ1v) is 16.2. The molecule has 1 atom stereocenters. The molecule has 11 nitrogen and oxygen atoms in total. The first-order valence-electron chi connectivity index (χ1n) is 15.4. The molecule has 47 heavy (non-hydrogen) atoms. The molecule has 5 aromatic rings. The number of pyridine rings is 2. The highest BCUT2D eigenvalue weighted by atomic mass is 35.5. The lowest BCUT2D eigenvalue weighted by atomic mass is 10.00. The molecule has 1 fully saturated rings. The number of rotatable bonds is 11. The number of hydrogen-bond donors (Lipinski definition) is 3. The van der Waals surface area contributed by atoms with Gasteiger partial charge in [0.2, 0.25) is 11.8 Å². The van der Waals surface area contributed by atoms with Gasteiger partial charge < -0.3 is 20.7 Å². The van der Waals surface area contributed by atoms with Crippen molar-refractivity contribution < 1.29 is 9.53 Å². The second-order valence-corrected chi connectivity index (χ2v) is 12.6. The predicted octanol–water partition coefficient (Wildman–Crippen LogP) is 5.01. The lowest BCUT2D eigenvalue weighted by Gasteiger charge is -2.15. The fraction of sp³-hybridized carbons (Fsp3) is 0.324. The van der Waals surface area contributed by atoms with Gasteiger partial charge in [0.1, 0.15) is 11.3 Å². The number of methoxy groups -OCH3 is 1. The average molecular weight is 676 g/mol. The van der Waals surface area contributed by atoms with Crippen LogP contribution in [-0.2, 0) is 24.9 Å². The van der Waals surface area contributed by atoms with Crippen molar-refractivity contribution in [1.29, 1.82) is 0 Å². The zero-order valence-electron chi connectivity index (χ0n) is 26.6. The summed E-state index contributed by atoms with van der Waals surface area (Å²) >= 11 is 14.1. The number of nitrogens with zero attached hydrogens (tertiary/aromatic N) is 5. The molecule has 6 rings (SSSR count). The number of fused-ring (bicyclic) bond motifs is 1. The molecule has 0 saturated carbocycles. The molecule has 5 heterocycles. The van der Waals surface area contributed by atoms with Crippen LogP contribution in [0.5, 0.6) is 5.88 Å². The van der Waals surface area contributed by atoms with Gasteiger partial charge in [-0.1, -0.05) is 61.3 Å². The van der Waals surface area contributed by atoms with Crippen LogP contribution in [0.15, 0.2) is 59.7 Å². The highest BCUT2D eigenvalue weighted by Gasteiger charge is 2.21. The van der Waals surface area contributed by atoms with Crippen molar-refractivity contribution >= 4 is 34.6 Å². The minimum Gasteiger partial charge on any atom is -0.481 e. The summed E-state index contributed by atoms with van der Waals surface area (Å²) in [7, 11) is 3.30. The quantitative estimate of drug-likeness (QED) is 0.179. The molecule has 0 spiro atoms. The minimum absolute atomic E-state index is 0.0932. The Morgan fingerprint density at radius 1 is 1.06 bits per heavy atom. The molecule has 1 saturated heterocycles. The third-order valence-electron chi connectivity index (χ3n) is 8.25. The second-order valence-electron chi connectivity index (χ2n) is 11.9. The van der Waals surface area contributed by atoms with Crippen molar-refractivity contribution in [3.8, 4) is 39.5 Å². The number of nitrogens with one attached hydrogen (secondary N) is 3. The number of halogens is 2. The van der Waals surface area contributed by atoms with Crippen LogP contribution < -0.4 is 26.2 Å². The molecule has 1 amide bonds. The smallest absolute Gasteiger partial charge is 0.277 e. The van der Waals surface area contributed by atoms with Crippen LogP contribution in [0.3, 0.4) is 0 Å². The number of carbonyl (C=O) groups is 1. The van der Waals surface area contributed by atoms with Crippen LogP contribution in [0.2, 0.25) is 10.0 Å². The molecule has 1 aliphatic heterocycles. The Morgan fingerprint density at radius 3 is 2.60 bits per heavy atom. The van der Waals surface area contributed by atoms with Crippen LogP contribution in [0.25, 0.3) is 39.2 Å². The van der Waals surface area contributed by atoms with E-state index in [1.807, 2.05) is 50.2 Å². The van der Waals surface area contributed by atoms with Gasteiger partial charge in [0, 0.05) is 78.9 Å². The lowest BCUT2D eigenvalue weighted by Crippen LogP contribution is -2.35. The van der Waals surface area contributed by atoms with Gasteiger partial charge in [0.25, 0.3) is 5.56 Å². The lowest BCUT2D eigenvalue weighted by molar-refractivity contribution is -0.119. The molecule has 4 aromatic heterocycles. The molecular formula is C34H36Cl2N8O3. The van der Waals surface area contributed by atoms with Gasteiger partial charge >= 0.3 is 0 Å². The summed E-state index contributed by atoms with van der Waals surface area (Å²) in [6.07, 6.45) is 4.83. The largest absolute Gasteiger partial charge is 0.481 e. The summed E-state index contributed by atoms with van der Waals surface area (Å²) in [5, 5.41) is 15.2. The third kappa shape index (κ3) is 6.75. The van der Waals surface area contributed by atoms with E-state index in [9.17, 15) is 9.59 Å². The van der Waals surface area contributed by atoms with Gasteiger partial charge in [-0.2, -0.15) is 5.10 Å². The zero-order valence-corrected chi connectivity index (χ0v) is 28.1. The first-order chi connectivity index (χ1) is 22.6. The fourth-order valence-corrected chi connectivity index (χ4v) is 6.33. The topological polar surface area (TPSA) is 127 Å². The Kier molecular flexibility index (Phi) is 9.60. The molecule has 1 aliphatic rings. The standard InChI is InChI=1S/C34H36Cl2N8O3/c1-19(2)39-17-28-42-44-18-21(14-27(44)34(46)43(28)3)32-31(36)24(12-13-38-32)23-6-5-7-25(30(23)35)26-10-8-20(33(41-26)47-4)15-37-16-22-9-11-29(45)40-22/h5-8,10,12-14,18-19,22,37,39H,9,11,15-17H2,1-4H3,(H,40,45)/t22-/m0/s1. The van der Waals surface area contributed by atoms with Crippen molar-refractivity contribution in [3.05, 3.63) is 86.6 Å². The summed E-state index contributed by atoms with van der Waals surface area (Å²) in [5.41, 5.74) is 5.08. The number of carbonyl (C=O) groups excluding carboxylic acids is 1. The van der Waals surface area contributed by atoms with E-state index in [-0.39, 0.29) is 23.6 Å². The Balaban J connectivity index is 1.29. The molecule has 0 bridgehead atoms. The predicted molar refractivity (Wildman–Crippen MR) is 184 cm³/mol. The first kappa shape index (κ1) is 32.6. The van der Waals surface area contributed by atoms with E-state index in [0.29, 0.717) is 81.4 Å². The second kappa shape index (κ2) is 13.8. The monoisotopic (exact) mass is 674 g/mol. The summed E-state index contributed by atoms with van der Waals surface area (Å²) in [5.74, 6) is 1.19. The van der Waals surface area contributed by atoms with Gasteiger partial charge in [-0.3, -0.25) is 19.1 Å². The average Bonchev–Trinajstić information content (AvgIpc) is 3.68. The molecule has 244 valence electrons. The van der Waals surface area contributed by atoms with Crippen LogP contribution in [0.4, 0.5) is 0 Å². The Bertz CT molecular complexity index is 2020. The van der Waals surface area contributed by atoms with E-state index in [1.54, 1.807) is 41.7 Å². The Labute approximate surface area is 282 Å². The molecule has 0 aliphatic carbocycles. The van der Waals surface area contributed by atoms with Gasteiger partial charge in [0.15, 0.2) is 0 Å². The van der Waals surface area contributed by atoms with Crippen molar-refractivity contribution in [1.82, 2.24) is 40.1 Å². The highest BCUT2D eigenvalue weighted by molar-refractivity contribution is 6.39. The van der Waals surface area contributed by atoms with Crippen LogP contribution >= 0.6 is 23.2 Å². The Hall–Kier alpha value is -4.29. The number of amides is 1. The summed E-state index contributed by atoms with van der Waals surface area (Å²) < 4.78 is 8.76. The van der Waals surface area contributed by atoms with Gasteiger partial charge in [-0.05, 0) is 24.6 Å². The molecule has 3 N–H and O–H groups in total. The van der Waals surface area contributed by atoms with Crippen LogP contribution in [0, 0.1) is 0 Å². The maximum absolute atomic E-state index is 13.2. The minimum atomic E-state index is -0.165. The van der Waals surface area contributed by atoms with Crippen molar-refractivity contribution in [2.45, 2.75) is 51.9 Å². The Morgan fingerprint density at radius 2 is 1.85 bits per heavy atom. The maximum atomic E-state index is 13.2. The SMILES string of the molecule is COc1nc(-c2cccc(-c3ccnc(-c4cc5c(=O)n(C)c(CNC(C)C)nn5c4)c3Cl)c2Cl)ccc1CNC[C@@H]1CCC(=O)N1. The number of hydrogen-bond acceptors (Lipinski definition) is 8. The molecular weight excluding hydrogens is 639 g/mol. The number of benzene rings is 1. The van der Waals surface area contributed by atoms with E-state index in [1.165, 1.54) is 0 Å².